The van der Waals surface area contributed by atoms with Crippen molar-refractivity contribution in [1.29, 1.82) is 0 Å². The highest BCUT2D eigenvalue weighted by Gasteiger charge is 2.34. The Labute approximate surface area is 84.5 Å². The molecule has 0 N–H and O–H groups in total. The molecule has 1 heterocycles. The molecule has 0 unspecified atom stereocenters. The quantitative estimate of drug-likeness (QED) is 0.664. The third kappa shape index (κ3) is 1.14. The van der Waals surface area contributed by atoms with Gasteiger partial charge in [-0.2, -0.15) is 0 Å². The number of para-hydroxylation sites is 1. The zero-order valence-corrected chi connectivity index (χ0v) is 8.82. The van der Waals surface area contributed by atoms with Crippen LogP contribution in [0.2, 0.25) is 0 Å². The van der Waals surface area contributed by atoms with E-state index in [1.807, 2.05) is 49.9 Å². The zero-order valence-electron chi connectivity index (χ0n) is 8.82. The zero-order chi connectivity index (χ0) is 10.3. The second-order valence-corrected chi connectivity index (χ2v) is 4.08. The Balaban J connectivity index is 2.53. The number of rotatable bonds is 1. The molecule has 2 rings (SSSR count). The van der Waals surface area contributed by atoms with Crippen LogP contribution in [-0.4, -0.2) is 11.9 Å². The monoisotopic (exact) mass is 189 g/mol. The fourth-order valence-electron chi connectivity index (χ4n) is 2.07. The third-order valence-corrected chi connectivity index (χ3v) is 2.79. The minimum absolute atomic E-state index is 0.0219. The molecule has 0 radical (unpaired) electrons. The summed E-state index contributed by atoms with van der Waals surface area (Å²) < 4.78 is 0. The fraction of sp³-hybridized carbons (Fsp3) is 0.417. The van der Waals surface area contributed by atoms with E-state index < -0.39 is 0 Å². The number of carbonyl (C=O) groups is 1. The summed E-state index contributed by atoms with van der Waals surface area (Å²) in [6, 6.07) is 8.29. The molecule has 0 aromatic heterocycles. The van der Waals surface area contributed by atoms with Gasteiger partial charge in [0.2, 0.25) is 5.91 Å². The van der Waals surface area contributed by atoms with Gasteiger partial charge in [-0.3, -0.25) is 4.79 Å². The predicted octanol–water partition coefficient (Wildman–Crippen LogP) is 2.55. The molecule has 0 saturated heterocycles. The number of carbonyl (C=O) groups excluding carboxylic acids is 1. The Morgan fingerprint density at radius 3 is 2.57 bits per heavy atom. The summed E-state index contributed by atoms with van der Waals surface area (Å²) in [4.78, 5) is 13.8. The highest BCUT2D eigenvalue weighted by atomic mass is 16.2. The molecule has 0 fully saturated rings. The molecule has 0 saturated carbocycles. The van der Waals surface area contributed by atoms with Gasteiger partial charge in [0, 0.05) is 11.7 Å². The van der Waals surface area contributed by atoms with Crippen molar-refractivity contribution in [2.24, 2.45) is 0 Å². The van der Waals surface area contributed by atoms with Crippen LogP contribution < -0.4 is 4.90 Å². The van der Waals surface area contributed by atoms with Crippen molar-refractivity contribution in [2.75, 3.05) is 4.90 Å². The van der Waals surface area contributed by atoms with E-state index in [2.05, 4.69) is 0 Å². The lowest BCUT2D eigenvalue weighted by atomic mass is 10.0. The summed E-state index contributed by atoms with van der Waals surface area (Å²) in [5.74, 6) is 0.245. The first kappa shape index (κ1) is 9.25. The summed E-state index contributed by atoms with van der Waals surface area (Å²) in [6.07, 6.45) is 0. The Morgan fingerprint density at radius 1 is 1.29 bits per heavy atom. The maximum Gasteiger partial charge on any atom is 0.234 e. The van der Waals surface area contributed by atoms with E-state index in [-0.39, 0.29) is 17.9 Å². The summed E-state index contributed by atoms with van der Waals surface area (Å²) >= 11 is 0. The Morgan fingerprint density at radius 2 is 1.93 bits per heavy atom. The van der Waals surface area contributed by atoms with E-state index in [9.17, 15) is 4.79 Å². The molecule has 1 aliphatic heterocycles. The number of benzene rings is 1. The lowest BCUT2D eigenvalue weighted by molar-refractivity contribution is -0.119. The first-order valence-corrected chi connectivity index (χ1v) is 5.05. The number of amides is 1. The minimum Gasteiger partial charge on any atom is -0.309 e. The van der Waals surface area contributed by atoms with Gasteiger partial charge in [0.25, 0.3) is 0 Å². The molecular weight excluding hydrogens is 174 g/mol. The maximum atomic E-state index is 11.9. The minimum atomic E-state index is 0.0219. The van der Waals surface area contributed by atoms with Gasteiger partial charge in [0.15, 0.2) is 0 Å². The third-order valence-electron chi connectivity index (χ3n) is 2.79. The smallest absolute Gasteiger partial charge is 0.234 e. The number of fused-ring (bicyclic) bond motifs is 1. The van der Waals surface area contributed by atoms with Crippen molar-refractivity contribution in [3.63, 3.8) is 0 Å². The van der Waals surface area contributed by atoms with Crippen LogP contribution in [0.25, 0.3) is 0 Å². The molecule has 0 bridgehead atoms. The SMILES string of the molecule is CC(C)N1C(=O)[C@@H](C)c2ccccc21. The lowest BCUT2D eigenvalue weighted by Crippen LogP contribution is -2.34. The largest absolute Gasteiger partial charge is 0.309 e. The van der Waals surface area contributed by atoms with E-state index in [4.69, 9.17) is 0 Å². The predicted molar refractivity (Wildman–Crippen MR) is 57.5 cm³/mol. The van der Waals surface area contributed by atoms with Crippen LogP contribution in [0.4, 0.5) is 5.69 Å². The van der Waals surface area contributed by atoms with Crippen molar-refractivity contribution >= 4 is 11.6 Å². The molecule has 1 aliphatic rings. The lowest BCUT2D eigenvalue weighted by Gasteiger charge is -2.22. The number of anilines is 1. The standard InChI is InChI=1S/C12H15NO/c1-8(2)13-11-7-5-4-6-10(11)9(3)12(13)14/h4-9H,1-3H3/t9-/m0/s1. The van der Waals surface area contributed by atoms with Gasteiger partial charge in [-0.15, -0.1) is 0 Å². The Kier molecular flexibility index (Phi) is 2.06. The van der Waals surface area contributed by atoms with Gasteiger partial charge < -0.3 is 4.90 Å². The van der Waals surface area contributed by atoms with E-state index >= 15 is 0 Å². The van der Waals surface area contributed by atoms with Crippen LogP contribution >= 0.6 is 0 Å². The van der Waals surface area contributed by atoms with E-state index in [0.29, 0.717) is 0 Å². The molecule has 1 atom stereocenters. The van der Waals surface area contributed by atoms with Crippen LogP contribution in [-0.2, 0) is 4.79 Å². The molecule has 2 heteroatoms. The topological polar surface area (TPSA) is 20.3 Å². The van der Waals surface area contributed by atoms with Crippen molar-refractivity contribution in [3.8, 4) is 0 Å². The molecule has 2 nitrogen and oxygen atoms in total. The number of hydrogen-bond donors (Lipinski definition) is 0. The van der Waals surface area contributed by atoms with Crippen molar-refractivity contribution < 1.29 is 4.79 Å². The number of hydrogen-bond acceptors (Lipinski definition) is 1. The van der Waals surface area contributed by atoms with Crippen LogP contribution in [0.15, 0.2) is 24.3 Å². The summed E-state index contributed by atoms with van der Waals surface area (Å²) in [6.45, 7) is 6.07. The molecular formula is C12H15NO. The first-order chi connectivity index (χ1) is 6.63. The highest BCUT2D eigenvalue weighted by molar-refractivity contribution is 6.05. The molecule has 0 aliphatic carbocycles. The molecule has 74 valence electrons. The summed E-state index contributed by atoms with van der Waals surface area (Å²) in [5, 5.41) is 0. The normalized spacial score (nSPS) is 20.4. The molecule has 14 heavy (non-hydrogen) atoms. The molecule has 0 spiro atoms. The van der Waals surface area contributed by atoms with Gasteiger partial charge in [-0.1, -0.05) is 18.2 Å². The van der Waals surface area contributed by atoms with Crippen molar-refractivity contribution in [2.45, 2.75) is 32.7 Å². The van der Waals surface area contributed by atoms with Gasteiger partial charge >= 0.3 is 0 Å². The summed E-state index contributed by atoms with van der Waals surface area (Å²) in [7, 11) is 0. The van der Waals surface area contributed by atoms with Crippen molar-refractivity contribution in [3.05, 3.63) is 29.8 Å². The van der Waals surface area contributed by atoms with Crippen molar-refractivity contribution in [1.82, 2.24) is 0 Å². The van der Waals surface area contributed by atoms with Gasteiger partial charge in [-0.05, 0) is 32.4 Å². The summed E-state index contributed by atoms with van der Waals surface area (Å²) in [5.41, 5.74) is 2.24. The van der Waals surface area contributed by atoms with E-state index in [0.717, 1.165) is 11.3 Å². The van der Waals surface area contributed by atoms with Crippen LogP contribution in [0.1, 0.15) is 32.3 Å². The van der Waals surface area contributed by atoms with E-state index in [1.165, 1.54) is 0 Å². The van der Waals surface area contributed by atoms with Gasteiger partial charge in [0.05, 0.1) is 5.92 Å². The fourth-order valence-corrected chi connectivity index (χ4v) is 2.07. The molecule has 1 aromatic carbocycles. The highest BCUT2D eigenvalue weighted by Crippen LogP contribution is 2.37. The van der Waals surface area contributed by atoms with Gasteiger partial charge in [-0.25, -0.2) is 0 Å². The molecule has 1 amide bonds. The second-order valence-electron chi connectivity index (χ2n) is 4.08. The van der Waals surface area contributed by atoms with Crippen LogP contribution in [0.3, 0.4) is 0 Å². The number of nitrogens with zero attached hydrogens (tertiary/aromatic N) is 1. The average Bonchev–Trinajstić information content (AvgIpc) is 2.41. The molecule has 1 aromatic rings. The van der Waals surface area contributed by atoms with Gasteiger partial charge in [0.1, 0.15) is 0 Å². The first-order valence-electron chi connectivity index (χ1n) is 5.05. The maximum absolute atomic E-state index is 11.9. The Hall–Kier alpha value is -1.31. The second kappa shape index (κ2) is 3.12. The Bertz CT molecular complexity index is 370. The average molecular weight is 189 g/mol. The van der Waals surface area contributed by atoms with Crippen LogP contribution in [0.5, 0.6) is 0 Å². The van der Waals surface area contributed by atoms with Crippen LogP contribution in [0, 0.1) is 0 Å². The van der Waals surface area contributed by atoms with E-state index in [1.54, 1.807) is 0 Å².